The lowest BCUT2D eigenvalue weighted by molar-refractivity contribution is 0.0271. The van der Waals surface area contributed by atoms with Gasteiger partial charge in [-0.2, -0.15) is 5.10 Å². The van der Waals surface area contributed by atoms with Crippen molar-refractivity contribution in [2.75, 3.05) is 24.6 Å². The molecule has 2 aromatic rings. The monoisotopic (exact) mass is 287 g/mol. The maximum absolute atomic E-state index is 5.84. The Hall–Kier alpha value is -1.95. The minimum atomic E-state index is 0.138. The Morgan fingerprint density at radius 1 is 1.38 bits per heavy atom. The molecule has 6 heteroatoms. The van der Waals surface area contributed by atoms with Crippen molar-refractivity contribution in [3.63, 3.8) is 0 Å². The molecule has 3 rings (SSSR count). The van der Waals surface area contributed by atoms with Gasteiger partial charge in [0.15, 0.2) is 0 Å². The number of morpholine rings is 1. The second-order valence-electron chi connectivity index (χ2n) is 5.29. The normalized spacial score (nSPS) is 19.0. The predicted molar refractivity (Wildman–Crippen MR) is 80.3 cm³/mol. The van der Waals surface area contributed by atoms with Gasteiger partial charge in [0, 0.05) is 37.2 Å². The van der Waals surface area contributed by atoms with Crippen LogP contribution in [0.15, 0.2) is 24.5 Å². The van der Waals surface area contributed by atoms with Crippen LogP contribution in [0.4, 0.5) is 5.82 Å². The molecule has 21 heavy (non-hydrogen) atoms. The first kappa shape index (κ1) is 14.0. The summed E-state index contributed by atoms with van der Waals surface area (Å²) in [5.41, 5.74) is 1.09. The van der Waals surface area contributed by atoms with Crippen LogP contribution in [-0.4, -0.2) is 45.5 Å². The topological polar surface area (TPSA) is 56.1 Å². The van der Waals surface area contributed by atoms with Crippen LogP contribution in [-0.2, 0) is 17.7 Å². The summed E-state index contributed by atoms with van der Waals surface area (Å²) in [6.45, 7) is 7.26. The Morgan fingerprint density at radius 2 is 2.29 bits per heavy atom. The molecule has 112 valence electrons. The van der Waals surface area contributed by atoms with Crippen LogP contribution in [0.25, 0.3) is 0 Å². The first-order chi connectivity index (χ1) is 10.2. The molecule has 0 aliphatic carbocycles. The molecule has 0 saturated carbocycles. The van der Waals surface area contributed by atoms with Gasteiger partial charge in [0.1, 0.15) is 11.6 Å². The summed E-state index contributed by atoms with van der Waals surface area (Å²) in [6, 6.07) is 4.02. The Kier molecular flexibility index (Phi) is 4.15. The lowest BCUT2D eigenvalue weighted by atomic mass is 10.2. The van der Waals surface area contributed by atoms with Gasteiger partial charge in [-0.05, 0) is 19.4 Å². The van der Waals surface area contributed by atoms with Gasteiger partial charge in [-0.15, -0.1) is 0 Å². The number of hydrogen-bond donors (Lipinski definition) is 0. The van der Waals surface area contributed by atoms with Crippen LogP contribution in [0.3, 0.4) is 0 Å². The van der Waals surface area contributed by atoms with Gasteiger partial charge >= 0.3 is 0 Å². The molecule has 6 nitrogen and oxygen atoms in total. The molecular weight excluding hydrogens is 266 g/mol. The number of aryl methyl sites for hydroxylation is 2. The Bertz CT molecular complexity index is 584. The quantitative estimate of drug-likeness (QED) is 0.852. The average molecular weight is 287 g/mol. The van der Waals surface area contributed by atoms with Crippen molar-refractivity contribution >= 4 is 5.82 Å². The summed E-state index contributed by atoms with van der Waals surface area (Å²) in [7, 11) is 0. The molecule has 1 saturated heterocycles. The zero-order chi connectivity index (χ0) is 14.7. The first-order valence-corrected chi connectivity index (χ1v) is 7.43. The predicted octanol–water partition coefficient (Wildman–Crippen LogP) is 1.45. The number of nitrogens with zero attached hydrogens (tertiary/aromatic N) is 5. The van der Waals surface area contributed by atoms with Gasteiger partial charge in [-0.3, -0.25) is 4.68 Å². The minimum Gasteiger partial charge on any atom is -0.373 e. The molecule has 0 bridgehead atoms. The van der Waals surface area contributed by atoms with Gasteiger partial charge in [0.25, 0.3) is 0 Å². The van der Waals surface area contributed by atoms with Crippen LogP contribution in [0.5, 0.6) is 0 Å². The summed E-state index contributed by atoms with van der Waals surface area (Å²) in [6.07, 6.45) is 4.82. The van der Waals surface area contributed by atoms with Gasteiger partial charge in [-0.1, -0.05) is 6.92 Å². The zero-order valence-electron chi connectivity index (χ0n) is 12.6. The van der Waals surface area contributed by atoms with Crippen LogP contribution < -0.4 is 4.90 Å². The fourth-order valence-corrected chi connectivity index (χ4v) is 2.61. The molecule has 0 amide bonds. The molecule has 0 spiro atoms. The maximum atomic E-state index is 5.84. The highest BCUT2D eigenvalue weighted by molar-refractivity contribution is 5.40. The number of hydrogen-bond acceptors (Lipinski definition) is 5. The van der Waals surface area contributed by atoms with E-state index < -0.39 is 0 Å². The van der Waals surface area contributed by atoms with Crippen LogP contribution in [0, 0.1) is 6.92 Å². The van der Waals surface area contributed by atoms with Gasteiger partial charge in [0.2, 0.25) is 0 Å². The van der Waals surface area contributed by atoms with Crippen LogP contribution in [0.1, 0.15) is 18.4 Å². The van der Waals surface area contributed by atoms with Crippen molar-refractivity contribution in [1.82, 2.24) is 19.7 Å². The Morgan fingerprint density at radius 3 is 3.05 bits per heavy atom. The van der Waals surface area contributed by atoms with E-state index in [2.05, 4.69) is 33.0 Å². The second-order valence-corrected chi connectivity index (χ2v) is 5.29. The highest BCUT2D eigenvalue weighted by atomic mass is 16.5. The van der Waals surface area contributed by atoms with Crippen LogP contribution >= 0.6 is 0 Å². The largest absolute Gasteiger partial charge is 0.373 e. The van der Waals surface area contributed by atoms with Crippen LogP contribution in [0.2, 0.25) is 0 Å². The maximum Gasteiger partial charge on any atom is 0.132 e. The Balaban J connectivity index is 1.72. The first-order valence-electron chi connectivity index (χ1n) is 7.43. The highest BCUT2D eigenvalue weighted by Crippen LogP contribution is 2.17. The van der Waals surface area contributed by atoms with E-state index in [4.69, 9.17) is 4.74 Å². The number of rotatable bonds is 4. The minimum absolute atomic E-state index is 0.138. The van der Waals surface area contributed by atoms with Crippen molar-refractivity contribution in [2.45, 2.75) is 32.9 Å². The number of aromatic nitrogens is 4. The average Bonchev–Trinajstić information content (AvgIpc) is 3.00. The number of anilines is 1. The van der Waals surface area contributed by atoms with Crippen molar-refractivity contribution < 1.29 is 4.74 Å². The zero-order valence-corrected chi connectivity index (χ0v) is 12.6. The van der Waals surface area contributed by atoms with E-state index in [1.165, 1.54) is 0 Å². The van der Waals surface area contributed by atoms with E-state index in [0.29, 0.717) is 0 Å². The summed E-state index contributed by atoms with van der Waals surface area (Å²) >= 11 is 0. The number of ether oxygens (including phenoxy) is 1. The molecule has 1 aliphatic heterocycles. The lowest BCUT2D eigenvalue weighted by Crippen LogP contribution is -2.44. The third-order valence-corrected chi connectivity index (χ3v) is 3.65. The molecule has 1 unspecified atom stereocenters. The molecule has 0 N–H and O–H groups in total. The van der Waals surface area contributed by atoms with E-state index in [-0.39, 0.29) is 6.10 Å². The SMILES string of the molecule is CCc1cc(N2CCOC(Cn3cccn3)C2)nc(C)n1. The standard InChI is InChI=1S/C15H21N5O/c1-3-13-9-15(18-12(2)17-13)19-7-8-21-14(10-19)11-20-6-4-5-16-20/h4-6,9,14H,3,7-8,10-11H2,1-2H3. The fourth-order valence-electron chi connectivity index (χ4n) is 2.61. The second kappa shape index (κ2) is 6.22. The van der Waals surface area contributed by atoms with Gasteiger partial charge in [-0.25, -0.2) is 9.97 Å². The van der Waals surface area contributed by atoms with Crippen molar-refractivity contribution in [1.29, 1.82) is 0 Å². The highest BCUT2D eigenvalue weighted by Gasteiger charge is 2.22. The third kappa shape index (κ3) is 3.39. The molecular formula is C15H21N5O. The Labute approximate surface area is 124 Å². The molecule has 2 aromatic heterocycles. The van der Waals surface area contributed by atoms with E-state index >= 15 is 0 Å². The molecule has 3 heterocycles. The molecule has 1 fully saturated rings. The molecule has 0 aromatic carbocycles. The summed E-state index contributed by atoms with van der Waals surface area (Å²) in [5, 5.41) is 4.24. The molecule has 0 radical (unpaired) electrons. The summed E-state index contributed by atoms with van der Waals surface area (Å²) in [5.74, 6) is 1.84. The lowest BCUT2D eigenvalue weighted by Gasteiger charge is -2.33. The molecule has 1 aliphatic rings. The van der Waals surface area contributed by atoms with Gasteiger partial charge < -0.3 is 9.64 Å². The summed E-state index contributed by atoms with van der Waals surface area (Å²) in [4.78, 5) is 11.3. The van der Waals surface area contributed by atoms with E-state index in [0.717, 1.165) is 50.0 Å². The van der Waals surface area contributed by atoms with Crippen molar-refractivity contribution in [3.05, 3.63) is 36.0 Å². The smallest absolute Gasteiger partial charge is 0.132 e. The fraction of sp³-hybridized carbons (Fsp3) is 0.533. The van der Waals surface area contributed by atoms with E-state index in [9.17, 15) is 0 Å². The van der Waals surface area contributed by atoms with E-state index in [1.807, 2.05) is 23.9 Å². The van der Waals surface area contributed by atoms with Crippen molar-refractivity contribution in [3.8, 4) is 0 Å². The molecule has 1 atom stereocenters. The third-order valence-electron chi connectivity index (χ3n) is 3.65. The van der Waals surface area contributed by atoms with Gasteiger partial charge in [0.05, 0.1) is 19.3 Å². The van der Waals surface area contributed by atoms with Crippen molar-refractivity contribution in [2.24, 2.45) is 0 Å². The van der Waals surface area contributed by atoms with E-state index in [1.54, 1.807) is 6.20 Å². The summed E-state index contributed by atoms with van der Waals surface area (Å²) < 4.78 is 7.76.